The van der Waals surface area contributed by atoms with Crippen LogP contribution in [0.25, 0.3) is 0 Å². The Morgan fingerprint density at radius 2 is 2.00 bits per heavy atom. The summed E-state index contributed by atoms with van der Waals surface area (Å²) in [6.45, 7) is 2.29. The summed E-state index contributed by atoms with van der Waals surface area (Å²) in [4.78, 5) is 0. The minimum absolute atomic E-state index is 0.0217. The van der Waals surface area contributed by atoms with E-state index in [4.69, 9.17) is 19.3 Å². The zero-order chi connectivity index (χ0) is 7.84. The fourth-order valence-electron chi connectivity index (χ4n) is 1.53. The molecule has 4 heteroatoms. The van der Waals surface area contributed by atoms with Crippen molar-refractivity contribution in [2.75, 3.05) is 6.61 Å². The van der Waals surface area contributed by atoms with E-state index in [1.807, 2.05) is 6.92 Å². The van der Waals surface area contributed by atoms with Gasteiger partial charge in [0.15, 0.2) is 12.6 Å². The average Bonchev–Trinajstić information content (AvgIpc) is 2.27. The highest BCUT2D eigenvalue weighted by Crippen LogP contribution is 2.26. The maximum Gasteiger partial charge on any atom is 0.157 e. The Hall–Kier alpha value is -0.160. The third kappa shape index (κ3) is 1.39. The van der Waals surface area contributed by atoms with Crippen LogP contribution in [-0.4, -0.2) is 36.5 Å². The van der Waals surface area contributed by atoms with E-state index < -0.39 is 6.29 Å². The van der Waals surface area contributed by atoms with Crippen LogP contribution in [0.5, 0.6) is 0 Å². The highest BCUT2D eigenvalue weighted by atomic mass is 16.7. The maximum atomic E-state index is 9.08. The lowest BCUT2D eigenvalue weighted by molar-refractivity contribution is -0.166. The van der Waals surface area contributed by atoms with Crippen LogP contribution in [0.4, 0.5) is 0 Å². The number of rotatable bonds is 0. The lowest BCUT2D eigenvalue weighted by atomic mass is 10.1. The smallest absolute Gasteiger partial charge is 0.157 e. The fourth-order valence-corrected chi connectivity index (χ4v) is 1.53. The molecule has 0 radical (unpaired) electrons. The van der Waals surface area contributed by atoms with Crippen LogP contribution in [0.1, 0.15) is 13.3 Å². The summed E-state index contributed by atoms with van der Waals surface area (Å²) in [5.74, 6) is 0. The van der Waals surface area contributed by atoms with Gasteiger partial charge in [-0.1, -0.05) is 0 Å². The van der Waals surface area contributed by atoms with E-state index in [-0.39, 0.29) is 18.5 Å². The molecule has 2 fully saturated rings. The third-order valence-corrected chi connectivity index (χ3v) is 2.03. The van der Waals surface area contributed by atoms with Crippen LogP contribution in [0.15, 0.2) is 0 Å². The fraction of sp³-hybridized carbons (Fsp3) is 1.00. The first kappa shape index (κ1) is 7.49. The second kappa shape index (κ2) is 2.71. The van der Waals surface area contributed by atoms with Crippen molar-refractivity contribution in [2.45, 2.75) is 38.1 Å². The van der Waals surface area contributed by atoms with Crippen molar-refractivity contribution < 1.29 is 19.3 Å². The molecule has 0 aromatic rings. The number of hydrogen-bond acceptors (Lipinski definition) is 4. The van der Waals surface area contributed by atoms with Crippen molar-refractivity contribution in [3.05, 3.63) is 0 Å². The topological polar surface area (TPSA) is 47.9 Å². The zero-order valence-corrected chi connectivity index (χ0v) is 6.40. The van der Waals surface area contributed by atoms with Gasteiger partial charge in [-0.15, -0.1) is 0 Å². The molecule has 2 rings (SSSR count). The molecule has 0 aromatic carbocycles. The van der Waals surface area contributed by atoms with Gasteiger partial charge in [0, 0.05) is 6.42 Å². The molecule has 2 saturated heterocycles. The molecule has 2 aliphatic heterocycles. The van der Waals surface area contributed by atoms with Crippen molar-refractivity contribution in [1.82, 2.24) is 0 Å². The molecule has 2 heterocycles. The van der Waals surface area contributed by atoms with Gasteiger partial charge >= 0.3 is 0 Å². The van der Waals surface area contributed by atoms with Crippen LogP contribution in [-0.2, 0) is 14.2 Å². The Labute approximate surface area is 65.1 Å². The second-order valence-electron chi connectivity index (χ2n) is 2.94. The highest BCUT2D eigenvalue weighted by molar-refractivity contribution is 4.80. The Kier molecular flexibility index (Phi) is 1.85. The molecule has 1 N–H and O–H groups in total. The molecular formula is C7H12O4. The first-order valence-corrected chi connectivity index (χ1v) is 3.86. The normalized spacial score (nSPS) is 50.7. The van der Waals surface area contributed by atoms with Crippen LogP contribution in [0.2, 0.25) is 0 Å². The predicted octanol–water partition coefficient (Wildman–Crippen LogP) is -0.145. The summed E-state index contributed by atoms with van der Waals surface area (Å²) in [5.41, 5.74) is 0. The Morgan fingerprint density at radius 1 is 1.27 bits per heavy atom. The number of hydrogen-bond donors (Lipinski definition) is 1. The van der Waals surface area contributed by atoms with E-state index in [9.17, 15) is 0 Å². The molecule has 0 amide bonds. The van der Waals surface area contributed by atoms with Gasteiger partial charge in [0.2, 0.25) is 0 Å². The molecule has 0 saturated carbocycles. The summed E-state index contributed by atoms with van der Waals surface area (Å²) in [6.07, 6.45) is -0.263. The molecule has 64 valence electrons. The lowest BCUT2D eigenvalue weighted by Gasteiger charge is -2.26. The average molecular weight is 160 g/mol. The molecule has 0 spiro atoms. The van der Waals surface area contributed by atoms with Crippen molar-refractivity contribution in [3.63, 3.8) is 0 Å². The van der Waals surface area contributed by atoms with E-state index in [1.165, 1.54) is 0 Å². The molecule has 1 unspecified atom stereocenters. The lowest BCUT2D eigenvalue weighted by Crippen LogP contribution is -2.39. The van der Waals surface area contributed by atoms with Crippen LogP contribution in [0.3, 0.4) is 0 Å². The number of aliphatic hydroxyl groups is 1. The first-order valence-electron chi connectivity index (χ1n) is 3.86. The molecule has 2 aliphatic rings. The second-order valence-corrected chi connectivity index (χ2v) is 2.94. The summed E-state index contributed by atoms with van der Waals surface area (Å²) < 4.78 is 15.7. The Morgan fingerprint density at radius 3 is 2.82 bits per heavy atom. The molecular weight excluding hydrogens is 148 g/mol. The quantitative estimate of drug-likeness (QED) is 0.535. The van der Waals surface area contributed by atoms with Gasteiger partial charge < -0.3 is 19.3 Å². The van der Waals surface area contributed by atoms with Crippen molar-refractivity contribution >= 4 is 0 Å². The van der Waals surface area contributed by atoms with E-state index >= 15 is 0 Å². The number of aliphatic hydroxyl groups excluding tert-OH is 1. The summed E-state index contributed by atoms with van der Waals surface area (Å²) in [6, 6.07) is 0. The summed E-state index contributed by atoms with van der Waals surface area (Å²) >= 11 is 0. The minimum Gasteiger partial charge on any atom is -0.368 e. The largest absolute Gasteiger partial charge is 0.368 e. The Balaban J connectivity index is 1.97. The van der Waals surface area contributed by atoms with Gasteiger partial charge in [-0.05, 0) is 6.92 Å². The molecule has 0 aliphatic carbocycles. The van der Waals surface area contributed by atoms with E-state index in [1.54, 1.807) is 0 Å². The number of ether oxygens (including phenoxy) is 3. The van der Waals surface area contributed by atoms with Crippen molar-refractivity contribution in [2.24, 2.45) is 0 Å². The van der Waals surface area contributed by atoms with Crippen molar-refractivity contribution in [1.29, 1.82) is 0 Å². The van der Waals surface area contributed by atoms with Gasteiger partial charge in [-0.3, -0.25) is 0 Å². The highest BCUT2D eigenvalue weighted by Gasteiger charge is 2.39. The number of fused-ring (bicyclic) bond motifs is 1. The van der Waals surface area contributed by atoms with Crippen LogP contribution < -0.4 is 0 Å². The van der Waals surface area contributed by atoms with Gasteiger partial charge in [0.25, 0.3) is 0 Å². The SMILES string of the molecule is C[C@H]1O[C@H]2COC(O)C[C@H]2O1. The monoisotopic (exact) mass is 160 g/mol. The van der Waals surface area contributed by atoms with E-state index in [0.29, 0.717) is 13.0 Å². The zero-order valence-electron chi connectivity index (χ0n) is 6.40. The van der Waals surface area contributed by atoms with Crippen LogP contribution >= 0.6 is 0 Å². The van der Waals surface area contributed by atoms with Gasteiger partial charge in [0.1, 0.15) is 6.10 Å². The van der Waals surface area contributed by atoms with Gasteiger partial charge in [-0.25, -0.2) is 0 Å². The first-order chi connectivity index (χ1) is 5.25. The van der Waals surface area contributed by atoms with E-state index in [2.05, 4.69) is 0 Å². The molecule has 11 heavy (non-hydrogen) atoms. The summed E-state index contributed by atoms with van der Waals surface area (Å²) in [7, 11) is 0. The van der Waals surface area contributed by atoms with Crippen molar-refractivity contribution in [3.8, 4) is 0 Å². The Bertz CT molecular complexity index is 149. The molecule has 0 aromatic heterocycles. The predicted molar refractivity (Wildman–Crippen MR) is 35.8 cm³/mol. The minimum atomic E-state index is -0.676. The molecule has 4 nitrogen and oxygen atoms in total. The third-order valence-electron chi connectivity index (χ3n) is 2.03. The summed E-state index contributed by atoms with van der Waals surface area (Å²) in [5, 5.41) is 9.08. The van der Waals surface area contributed by atoms with E-state index in [0.717, 1.165) is 0 Å². The maximum absolute atomic E-state index is 9.08. The van der Waals surface area contributed by atoms with Crippen LogP contribution in [0, 0.1) is 0 Å². The molecule has 0 bridgehead atoms. The standard InChI is InChI=1S/C7H12O4/c1-4-10-5-2-7(8)9-3-6(5)11-4/h4-8H,2-3H2,1H3/t4-,5-,6+,7?/m1/s1. The van der Waals surface area contributed by atoms with Gasteiger partial charge in [-0.2, -0.15) is 0 Å². The van der Waals surface area contributed by atoms with Gasteiger partial charge in [0.05, 0.1) is 12.7 Å². The molecule has 4 atom stereocenters.